The molecule has 0 radical (unpaired) electrons. The number of allylic oxidation sites excluding steroid dienone is 1. The lowest BCUT2D eigenvalue weighted by Gasteiger charge is -2.28. The summed E-state index contributed by atoms with van der Waals surface area (Å²) >= 11 is 7.79. The van der Waals surface area contributed by atoms with Crippen LogP contribution in [0.1, 0.15) is 50.3 Å². The quantitative estimate of drug-likeness (QED) is 0.236. The standard InChI is InChI=1S/C30H34ClN5O5S/c1-4-40-28(38)26-19(2)32-29-33-30(42-18-21-10-6-7-11-22(21)31)34-36(29)27(26)20-12-13-23(24(16-20)39-3)41-17-25(37)35-14-8-5-9-15-35/h6-7,10-13,16,27H,4-5,8-9,14-15,17-18H2,1-3H3,(H,32,33,34). The van der Waals surface area contributed by atoms with E-state index in [1.54, 1.807) is 30.8 Å². The van der Waals surface area contributed by atoms with Crippen molar-refractivity contribution in [2.45, 2.75) is 50.1 Å². The number of methoxy groups -OCH3 is 1. The predicted molar refractivity (Wildman–Crippen MR) is 161 cm³/mol. The number of rotatable bonds is 10. The van der Waals surface area contributed by atoms with Crippen molar-refractivity contribution < 1.29 is 23.8 Å². The number of ether oxygens (including phenoxy) is 3. The second kappa shape index (κ2) is 13.5. The molecule has 12 heteroatoms. The Balaban J connectivity index is 1.43. The number of hydrogen-bond acceptors (Lipinski definition) is 9. The first-order valence-electron chi connectivity index (χ1n) is 14.0. The largest absolute Gasteiger partial charge is 0.493 e. The Morgan fingerprint density at radius 1 is 1.12 bits per heavy atom. The summed E-state index contributed by atoms with van der Waals surface area (Å²) in [5.74, 6) is 1.46. The lowest BCUT2D eigenvalue weighted by atomic mass is 9.95. The number of benzene rings is 2. The molecule has 2 aliphatic rings. The second-order valence-corrected chi connectivity index (χ2v) is 11.3. The van der Waals surface area contributed by atoms with E-state index in [2.05, 4.69) is 5.32 Å². The summed E-state index contributed by atoms with van der Waals surface area (Å²) in [6.07, 6.45) is 3.17. The molecule has 0 saturated carbocycles. The van der Waals surface area contributed by atoms with Crippen molar-refractivity contribution in [1.82, 2.24) is 19.7 Å². The van der Waals surface area contributed by atoms with E-state index >= 15 is 0 Å². The number of nitrogens with zero attached hydrogens (tertiary/aromatic N) is 4. The number of esters is 1. The summed E-state index contributed by atoms with van der Waals surface area (Å²) in [5.41, 5.74) is 2.72. The summed E-state index contributed by atoms with van der Waals surface area (Å²) in [6, 6.07) is 12.4. The van der Waals surface area contributed by atoms with Gasteiger partial charge in [-0.25, -0.2) is 9.48 Å². The Morgan fingerprint density at radius 2 is 1.90 bits per heavy atom. The van der Waals surface area contributed by atoms with E-state index in [1.807, 2.05) is 42.2 Å². The minimum Gasteiger partial charge on any atom is -0.493 e. The van der Waals surface area contributed by atoms with Crippen LogP contribution in [0.3, 0.4) is 0 Å². The molecule has 0 bridgehead atoms. The molecule has 2 aliphatic heterocycles. The van der Waals surface area contributed by atoms with Crippen LogP contribution in [0.4, 0.5) is 5.95 Å². The van der Waals surface area contributed by atoms with Crippen molar-refractivity contribution in [2.24, 2.45) is 0 Å². The normalized spacial score (nSPS) is 16.5. The maximum atomic E-state index is 13.2. The van der Waals surface area contributed by atoms with Gasteiger partial charge < -0.3 is 24.4 Å². The maximum absolute atomic E-state index is 13.2. The molecule has 222 valence electrons. The minimum absolute atomic E-state index is 0.0450. The Labute approximate surface area is 254 Å². The number of carbonyl (C=O) groups is 2. The zero-order valence-electron chi connectivity index (χ0n) is 23.9. The van der Waals surface area contributed by atoms with Gasteiger partial charge in [-0.05, 0) is 62.4 Å². The molecule has 1 aromatic heterocycles. The van der Waals surface area contributed by atoms with Gasteiger partial charge in [-0.2, -0.15) is 4.98 Å². The number of carbonyl (C=O) groups excluding carboxylic acids is 2. The van der Waals surface area contributed by atoms with Crippen LogP contribution in [0.5, 0.6) is 11.5 Å². The van der Waals surface area contributed by atoms with Crippen LogP contribution in [0.2, 0.25) is 5.02 Å². The second-order valence-electron chi connectivity index (χ2n) is 9.97. The van der Waals surface area contributed by atoms with Gasteiger partial charge in [0.1, 0.15) is 6.04 Å². The van der Waals surface area contributed by atoms with Crippen LogP contribution in [0, 0.1) is 0 Å². The van der Waals surface area contributed by atoms with E-state index in [9.17, 15) is 9.59 Å². The van der Waals surface area contributed by atoms with Gasteiger partial charge in [0.05, 0.1) is 19.3 Å². The molecule has 1 atom stereocenters. The number of anilines is 1. The number of nitrogens with one attached hydrogen (secondary N) is 1. The molecule has 1 unspecified atom stereocenters. The predicted octanol–water partition coefficient (Wildman–Crippen LogP) is 5.48. The molecule has 1 saturated heterocycles. The highest BCUT2D eigenvalue weighted by Crippen LogP contribution is 2.40. The highest BCUT2D eigenvalue weighted by Gasteiger charge is 2.36. The van der Waals surface area contributed by atoms with Gasteiger partial charge in [0.25, 0.3) is 5.91 Å². The van der Waals surface area contributed by atoms with Crippen molar-refractivity contribution in [3.8, 4) is 11.5 Å². The van der Waals surface area contributed by atoms with Gasteiger partial charge in [-0.3, -0.25) is 4.79 Å². The van der Waals surface area contributed by atoms with Crippen molar-refractivity contribution >= 4 is 41.2 Å². The third-order valence-electron chi connectivity index (χ3n) is 7.21. The third kappa shape index (κ3) is 6.52. The van der Waals surface area contributed by atoms with Gasteiger partial charge in [0.2, 0.25) is 11.1 Å². The zero-order valence-corrected chi connectivity index (χ0v) is 25.5. The monoisotopic (exact) mass is 611 g/mol. The molecule has 3 heterocycles. The van der Waals surface area contributed by atoms with Crippen molar-refractivity contribution in [2.75, 3.05) is 38.7 Å². The Hall–Kier alpha value is -3.70. The molecular weight excluding hydrogens is 578 g/mol. The molecular formula is C30H34ClN5O5S. The lowest BCUT2D eigenvalue weighted by Crippen LogP contribution is -2.38. The van der Waals surface area contributed by atoms with E-state index in [-0.39, 0.29) is 19.1 Å². The Kier molecular flexibility index (Phi) is 9.58. The molecule has 1 amide bonds. The van der Waals surface area contributed by atoms with Gasteiger partial charge in [0.15, 0.2) is 18.1 Å². The average molecular weight is 612 g/mol. The van der Waals surface area contributed by atoms with E-state index < -0.39 is 12.0 Å². The summed E-state index contributed by atoms with van der Waals surface area (Å²) < 4.78 is 18.7. The highest BCUT2D eigenvalue weighted by atomic mass is 35.5. The molecule has 1 fully saturated rings. The molecule has 0 aliphatic carbocycles. The molecule has 42 heavy (non-hydrogen) atoms. The number of amides is 1. The zero-order chi connectivity index (χ0) is 29.6. The Bertz CT molecular complexity index is 1490. The fourth-order valence-corrected chi connectivity index (χ4v) is 6.19. The number of fused-ring (bicyclic) bond motifs is 1. The lowest BCUT2D eigenvalue weighted by molar-refractivity contribution is -0.139. The Morgan fingerprint density at radius 3 is 2.64 bits per heavy atom. The van der Waals surface area contributed by atoms with E-state index in [0.717, 1.165) is 43.5 Å². The summed E-state index contributed by atoms with van der Waals surface area (Å²) in [7, 11) is 1.54. The van der Waals surface area contributed by atoms with Crippen LogP contribution in [-0.4, -0.2) is 65.0 Å². The molecule has 1 N–H and O–H groups in total. The van der Waals surface area contributed by atoms with Crippen molar-refractivity contribution in [3.63, 3.8) is 0 Å². The van der Waals surface area contributed by atoms with Gasteiger partial charge in [0, 0.05) is 29.6 Å². The van der Waals surface area contributed by atoms with Gasteiger partial charge in [-0.1, -0.05) is 47.6 Å². The van der Waals surface area contributed by atoms with E-state index in [1.165, 1.54) is 11.8 Å². The summed E-state index contributed by atoms with van der Waals surface area (Å²) in [5, 5.41) is 9.19. The van der Waals surface area contributed by atoms with Crippen molar-refractivity contribution in [3.05, 3.63) is 69.9 Å². The SMILES string of the molecule is CCOC(=O)C1=C(C)Nc2nc(SCc3ccccc3Cl)nn2C1c1ccc(OCC(=O)N2CCCCC2)c(OC)c1. The fourth-order valence-electron chi connectivity index (χ4n) is 5.08. The minimum atomic E-state index is -0.639. The smallest absolute Gasteiger partial charge is 0.338 e. The number of halogens is 1. The van der Waals surface area contributed by atoms with Crippen LogP contribution >= 0.6 is 23.4 Å². The third-order valence-corrected chi connectivity index (χ3v) is 8.46. The topological polar surface area (TPSA) is 108 Å². The van der Waals surface area contributed by atoms with E-state index in [0.29, 0.717) is 44.6 Å². The molecule has 0 spiro atoms. The first-order valence-corrected chi connectivity index (χ1v) is 15.3. The number of likely N-dealkylation sites (tertiary alicyclic amines) is 1. The van der Waals surface area contributed by atoms with Crippen LogP contribution in [-0.2, 0) is 20.1 Å². The van der Waals surface area contributed by atoms with Crippen LogP contribution in [0.15, 0.2) is 58.9 Å². The van der Waals surface area contributed by atoms with Gasteiger partial charge in [-0.15, -0.1) is 5.10 Å². The molecule has 5 rings (SSSR count). The number of piperidine rings is 1. The first-order chi connectivity index (χ1) is 20.4. The molecule has 2 aromatic carbocycles. The van der Waals surface area contributed by atoms with Crippen LogP contribution in [0.25, 0.3) is 0 Å². The van der Waals surface area contributed by atoms with Crippen LogP contribution < -0.4 is 14.8 Å². The number of thioether (sulfide) groups is 1. The first kappa shape index (κ1) is 29.8. The summed E-state index contributed by atoms with van der Waals surface area (Å²) in [6.45, 7) is 5.26. The fraction of sp³-hybridized carbons (Fsp3) is 0.400. The summed E-state index contributed by atoms with van der Waals surface area (Å²) in [4.78, 5) is 32.4. The molecule has 10 nitrogen and oxygen atoms in total. The number of aromatic nitrogens is 3. The highest BCUT2D eigenvalue weighted by molar-refractivity contribution is 7.98. The van der Waals surface area contributed by atoms with E-state index in [4.69, 9.17) is 35.9 Å². The molecule has 3 aromatic rings. The average Bonchev–Trinajstić information content (AvgIpc) is 3.41. The van der Waals surface area contributed by atoms with Gasteiger partial charge >= 0.3 is 5.97 Å². The maximum Gasteiger partial charge on any atom is 0.338 e. The van der Waals surface area contributed by atoms with Crippen molar-refractivity contribution in [1.29, 1.82) is 0 Å². The number of hydrogen-bond donors (Lipinski definition) is 1.